The van der Waals surface area contributed by atoms with Crippen LogP contribution < -0.4 is 21.7 Å². The lowest BCUT2D eigenvalue weighted by Crippen LogP contribution is -2.53. The highest BCUT2D eigenvalue weighted by Gasteiger charge is 2.24. The maximum absolute atomic E-state index is 11.9. The summed E-state index contributed by atoms with van der Waals surface area (Å²) in [6.45, 7) is 3.89. The molecule has 0 aliphatic rings. The standard InChI is InChI=1S/C14H26N4O6/c1-4-7(2)11(15)13(22)17-8(3)12(21)16-5-10(20)18-9(6-19)14(23)24/h7-9,11,19H,4-6,15H2,1-3H3,(H,16,21)(H,17,22)(H,18,20)(H,23,24)/t7-,8-,9-,11-/m0/s1. The minimum Gasteiger partial charge on any atom is -0.480 e. The van der Waals surface area contributed by atoms with E-state index in [9.17, 15) is 19.2 Å². The van der Waals surface area contributed by atoms with E-state index in [-0.39, 0.29) is 5.92 Å². The lowest BCUT2D eigenvalue weighted by molar-refractivity contribution is -0.142. The van der Waals surface area contributed by atoms with Crippen molar-refractivity contribution in [2.24, 2.45) is 11.7 Å². The summed E-state index contributed by atoms with van der Waals surface area (Å²) >= 11 is 0. The smallest absolute Gasteiger partial charge is 0.328 e. The van der Waals surface area contributed by atoms with Crippen molar-refractivity contribution in [2.75, 3.05) is 13.2 Å². The predicted octanol–water partition coefficient (Wildman–Crippen LogP) is -2.46. The number of aliphatic hydroxyl groups excluding tert-OH is 1. The Bertz CT molecular complexity index is 470. The van der Waals surface area contributed by atoms with E-state index in [0.717, 1.165) is 0 Å². The molecule has 0 spiro atoms. The molecule has 0 rings (SSSR count). The summed E-state index contributed by atoms with van der Waals surface area (Å²) in [5.74, 6) is -3.30. The van der Waals surface area contributed by atoms with Gasteiger partial charge in [-0.1, -0.05) is 20.3 Å². The number of nitrogens with two attached hydrogens (primary N) is 1. The lowest BCUT2D eigenvalue weighted by atomic mass is 9.99. The van der Waals surface area contributed by atoms with Gasteiger partial charge in [0.1, 0.15) is 12.1 Å². The van der Waals surface area contributed by atoms with Crippen LogP contribution in [-0.4, -0.2) is 65.2 Å². The van der Waals surface area contributed by atoms with Gasteiger partial charge in [-0.15, -0.1) is 0 Å². The third-order valence-electron chi connectivity index (χ3n) is 3.55. The fourth-order valence-electron chi connectivity index (χ4n) is 1.64. The van der Waals surface area contributed by atoms with Crippen LogP contribution in [0.5, 0.6) is 0 Å². The molecular formula is C14H26N4O6. The molecule has 10 heteroatoms. The average molecular weight is 346 g/mol. The summed E-state index contributed by atoms with van der Waals surface area (Å²) in [7, 11) is 0. The van der Waals surface area contributed by atoms with Crippen LogP contribution in [0, 0.1) is 5.92 Å². The Morgan fingerprint density at radius 2 is 1.67 bits per heavy atom. The third-order valence-corrected chi connectivity index (χ3v) is 3.55. The van der Waals surface area contributed by atoms with E-state index in [1.165, 1.54) is 6.92 Å². The summed E-state index contributed by atoms with van der Waals surface area (Å²) in [6, 6.07) is -3.09. The lowest BCUT2D eigenvalue weighted by Gasteiger charge is -2.20. The summed E-state index contributed by atoms with van der Waals surface area (Å²) in [6.07, 6.45) is 0.713. The molecule has 0 unspecified atom stereocenters. The molecular weight excluding hydrogens is 320 g/mol. The third kappa shape index (κ3) is 7.38. The number of carboxylic acids is 1. The van der Waals surface area contributed by atoms with E-state index in [1.54, 1.807) is 0 Å². The predicted molar refractivity (Wildman–Crippen MR) is 84.7 cm³/mol. The molecule has 24 heavy (non-hydrogen) atoms. The second kappa shape index (κ2) is 10.6. The molecule has 7 N–H and O–H groups in total. The van der Waals surface area contributed by atoms with Gasteiger partial charge in [0.25, 0.3) is 0 Å². The molecule has 4 atom stereocenters. The molecule has 0 heterocycles. The second-order valence-electron chi connectivity index (χ2n) is 5.50. The molecule has 0 aromatic carbocycles. The normalized spacial score (nSPS) is 15.5. The Morgan fingerprint density at radius 1 is 1.08 bits per heavy atom. The number of carbonyl (C=O) groups excluding carboxylic acids is 3. The van der Waals surface area contributed by atoms with E-state index in [4.69, 9.17) is 15.9 Å². The maximum Gasteiger partial charge on any atom is 0.328 e. The topological polar surface area (TPSA) is 171 Å². The second-order valence-corrected chi connectivity index (χ2v) is 5.50. The highest BCUT2D eigenvalue weighted by atomic mass is 16.4. The number of nitrogens with one attached hydrogen (secondary N) is 3. The Hall–Kier alpha value is -2.20. The number of hydrogen-bond acceptors (Lipinski definition) is 6. The summed E-state index contributed by atoms with van der Waals surface area (Å²) in [5.41, 5.74) is 5.75. The zero-order valence-electron chi connectivity index (χ0n) is 14.0. The van der Waals surface area contributed by atoms with Gasteiger partial charge >= 0.3 is 5.97 Å². The number of aliphatic carboxylic acids is 1. The van der Waals surface area contributed by atoms with Gasteiger partial charge < -0.3 is 31.9 Å². The van der Waals surface area contributed by atoms with E-state index in [1.807, 2.05) is 19.2 Å². The minimum absolute atomic E-state index is 0.0440. The Kier molecular flexibility index (Phi) is 9.58. The molecule has 0 saturated heterocycles. The highest BCUT2D eigenvalue weighted by molar-refractivity contribution is 5.92. The van der Waals surface area contributed by atoms with Gasteiger partial charge in [0.05, 0.1) is 19.2 Å². The molecule has 0 saturated carbocycles. The van der Waals surface area contributed by atoms with E-state index >= 15 is 0 Å². The van der Waals surface area contributed by atoms with Gasteiger partial charge in [-0.3, -0.25) is 14.4 Å². The first-order valence-electron chi connectivity index (χ1n) is 7.60. The molecule has 138 valence electrons. The van der Waals surface area contributed by atoms with Crippen LogP contribution >= 0.6 is 0 Å². The monoisotopic (exact) mass is 346 g/mol. The zero-order valence-corrected chi connectivity index (χ0v) is 14.0. The average Bonchev–Trinajstić information content (AvgIpc) is 2.55. The van der Waals surface area contributed by atoms with Gasteiger partial charge in [0, 0.05) is 0 Å². The molecule has 0 bridgehead atoms. The van der Waals surface area contributed by atoms with Crippen LogP contribution in [0.15, 0.2) is 0 Å². The number of carbonyl (C=O) groups is 4. The first-order chi connectivity index (χ1) is 11.1. The van der Waals surface area contributed by atoms with Crippen molar-refractivity contribution in [1.29, 1.82) is 0 Å². The Morgan fingerprint density at radius 3 is 2.12 bits per heavy atom. The van der Waals surface area contributed by atoms with E-state index in [2.05, 4.69) is 10.6 Å². The van der Waals surface area contributed by atoms with Gasteiger partial charge in [-0.05, 0) is 12.8 Å². The Labute approximate surface area is 140 Å². The zero-order chi connectivity index (χ0) is 18.9. The summed E-state index contributed by atoms with van der Waals surface area (Å²) in [4.78, 5) is 45.8. The summed E-state index contributed by atoms with van der Waals surface area (Å²) in [5, 5.41) is 24.2. The van der Waals surface area contributed by atoms with Crippen LogP contribution in [-0.2, 0) is 19.2 Å². The van der Waals surface area contributed by atoms with Crippen molar-refractivity contribution in [3.05, 3.63) is 0 Å². The molecule has 0 fully saturated rings. The first-order valence-corrected chi connectivity index (χ1v) is 7.60. The van der Waals surface area contributed by atoms with Gasteiger partial charge in [-0.2, -0.15) is 0 Å². The number of rotatable bonds is 10. The maximum atomic E-state index is 11.9. The van der Waals surface area contributed by atoms with Gasteiger partial charge in [0.2, 0.25) is 17.7 Å². The number of hydrogen-bond donors (Lipinski definition) is 6. The number of carboxylic acid groups (broad SMARTS) is 1. The van der Waals surface area contributed by atoms with E-state index in [0.29, 0.717) is 6.42 Å². The summed E-state index contributed by atoms with van der Waals surface area (Å²) < 4.78 is 0. The van der Waals surface area contributed by atoms with Crippen molar-refractivity contribution in [3.8, 4) is 0 Å². The van der Waals surface area contributed by atoms with Crippen LogP contribution in [0.2, 0.25) is 0 Å². The SMILES string of the molecule is CC[C@H](C)[C@H](N)C(=O)N[C@@H](C)C(=O)NCC(=O)N[C@@H](CO)C(=O)O. The Balaban J connectivity index is 4.34. The number of aliphatic hydroxyl groups is 1. The van der Waals surface area contributed by atoms with Crippen LogP contribution in [0.4, 0.5) is 0 Å². The molecule has 0 radical (unpaired) electrons. The fraction of sp³-hybridized carbons (Fsp3) is 0.714. The fourth-order valence-corrected chi connectivity index (χ4v) is 1.64. The molecule has 0 aliphatic heterocycles. The van der Waals surface area contributed by atoms with Crippen LogP contribution in [0.25, 0.3) is 0 Å². The van der Waals surface area contributed by atoms with Crippen molar-refractivity contribution in [3.63, 3.8) is 0 Å². The van der Waals surface area contributed by atoms with Crippen LogP contribution in [0.1, 0.15) is 27.2 Å². The quantitative estimate of drug-likeness (QED) is 0.255. The van der Waals surface area contributed by atoms with Crippen molar-refractivity contribution < 1.29 is 29.4 Å². The molecule has 10 nitrogen and oxygen atoms in total. The molecule has 0 aromatic heterocycles. The van der Waals surface area contributed by atoms with Gasteiger partial charge in [-0.25, -0.2) is 4.79 Å². The van der Waals surface area contributed by atoms with Crippen molar-refractivity contribution >= 4 is 23.7 Å². The van der Waals surface area contributed by atoms with Crippen molar-refractivity contribution in [2.45, 2.75) is 45.3 Å². The molecule has 3 amide bonds. The van der Waals surface area contributed by atoms with E-state index < -0.39 is 55.0 Å². The molecule has 0 aromatic rings. The minimum atomic E-state index is -1.44. The molecule has 0 aliphatic carbocycles. The van der Waals surface area contributed by atoms with Gasteiger partial charge in [0.15, 0.2) is 0 Å². The number of amides is 3. The largest absolute Gasteiger partial charge is 0.480 e. The van der Waals surface area contributed by atoms with Crippen LogP contribution in [0.3, 0.4) is 0 Å². The highest BCUT2D eigenvalue weighted by Crippen LogP contribution is 2.05. The van der Waals surface area contributed by atoms with Crippen molar-refractivity contribution in [1.82, 2.24) is 16.0 Å². The first kappa shape index (κ1) is 21.8.